The van der Waals surface area contributed by atoms with Crippen LogP contribution in [0.5, 0.6) is 0 Å². The number of hydrogen-bond donors (Lipinski definition) is 2. The highest BCUT2D eigenvalue weighted by Gasteiger charge is 2.12. The Kier molecular flexibility index (Phi) is 3.36. The van der Waals surface area contributed by atoms with Crippen molar-refractivity contribution >= 4 is 21.4 Å². The van der Waals surface area contributed by atoms with Crippen molar-refractivity contribution < 1.29 is 0 Å². The Bertz CT molecular complexity index is 436. The molecule has 0 saturated carbocycles. The number of hydrazine groups is 1. The van der Waals surface area contributed by atoms with Crippen LogP contribution >= 0.6 is 11.3 Å². The van der Waals surface area contributed by atoms with Gasteiger partial charge in [0.15, 0.2) is 0 Å². The van der Waals surface area contributed by atoms with Crippen LogP contribution in [-0.2, 0) is 0 Å². The van der Waals surface area contributed by atoms with E-state index < -0.39 is 0 Å². The van der Waals surface area contributed by atoms with Crippen LogP contribution in [0.15, 0.2) is 29.6 Å². The van der Waals surface area contributed by atoms with E-state index in [9.17, 15) is 0 Å². The number of nitrogens with one attached hydrogen (secondary N) is 1. The molecule has 2 rings (SSSR count). The third-order valence-corrected chi connectivity index (χ3v) is 3.65. The molecule has 0 amide bonds. The largest absolute Gasteiger partial charge is 0.271 e. The molecule has 3 N–H and O–H groups in total. The summed E-state index contributed by atoms with van der Waals surface area (Å²) < 4.78 is 1.34. The summed E-state index contributed by atoms with van der Waals surface area (Å²) in [6, 6.07) is 8.77. The maximum Gasteiger partial charge on any atom is 0.0474 e. The third-order valence-electron chi connectivity index (χ3n) is 2.66. The smallest absolute Gasteiger partial charge is 0.0474 e. The van der Waals surface area contributed by atoms with Crippen LogP contribution in [0.4, 0.5) is 0 Å². The van der Waals surface area contributed by atoms with Gasteiger partial charge in [0, 0.05) is 10.7 Å². The standard InChI is InChI=1S/C12H16N2S/c1-2-5-11(14-13)10-8-15-12-7-4-3-6-9(10)12/h3-4,6-8,11,14H,2,5,13H2,1H3. The zero-order chi connectivity index (χ0) is 10.7. The number of fused-ring (bicyclic) bond motifs is 1. The lowest BCUT2D eigenvalue weighted by atomic mass is 10.0. The van der Waals surface area contributed by atoms with E-state index in [4.69, 9.17) is 5.84 Å². The van der Waals surface area contributed by atoms with Crippen molar-refractivity contribution in [3.8, 4) is 0 Å². The van der Waals surface area contributed by atoms with Crippen LogP contribution in [0.3, 0.4) is 0 Å². The number of hydrogen-bond acceptors (Lipinski definition) is 3. The minimum Gasteiger partial charge on any atom is -0.271 e. The van der Waals surface area contributed by atoms with E-state index in [1.807, 2.05) is 0 Å². The highest BCUT2D eigenvalue weighted by atomic mass is 32.1. The minimum absolute atomic E-state index is 0.283. The Balaban J connectivity index is 2.41. The molecule has 1 unspecified atom stereocenters. The van der Waals surface area contributed by atoms with Gasteiger partial charge in [0.2, 0.25) is 0 Å². The fourth-order valence-electron chi connectivity index (χ4n) is 1.89. The van der Waals surface area contributed by atoms with Crippen LogP contribution < -0.4 is 11.3 Å². The fourth-order valence-corrected chi connectivity index (χ4v) is 2.90. The van der Waals surface area contributed by atoms with Crippen molar-refractivity contribution in [2.45, 2.75) is 25.8 Å². The predicted molar refractivity (Wildman–Crippen MR) is 66.8 cm³/mol. The minimum atomic E-state index is 0.283. The van der Waals surface area contributed by atoms with E-state index in [0.29, 0.717) is 0 Å². The second-order valence-electron chi connectivity index (χ2n) is 3.70. The van der Waals surface area contributed by atoms with Crippen LogP contribution in [0.2, 0.25) is 0 Å². The molecular weight excluding hydrogens is 204 g/mol. The van der Waals surface area contributed by atoms with E-state index in [1.54, 1.807) is 11.3 Å². The lowest BCUT2D eigenvalue weighted by molar-refractivity contribution is 0.514. The van der Waals surface area contributed by atoms with Crippen molar-refractivity contribution in [3.05, 3.63) is 35.2 Å². The van der Waals surface area contributed by atoms with Crippen LogP contribution in [0.25, 0.3) is 10.1 Å². The van der Waals surface area contributed by atoms with Crippen molar-refractivity contribution in [1.82, 2.24) is 5.43 Å². The van der Waals surface area contributed by atoms with Crippen molar-refractivity contribution in [1.29, 1.82) is 0 Å². The maximum atomic E-state index is 5.60. The zero-order valence-corrected chi connectivity index (χ0v) is 9.68. The van der Waals surface area contributed by atoms with Gasteiger partial charge < -0.3 is 0 Å². The summed E-state index contributed by atoms with van der Waals surface area (Å²) in [5.41, 5.74) is 4.24. The average molecular weight is 220 g/mol. The van der Waals surface area contributed by atoms with Gasteiger partial charge in [-0.3, -0.25) is 11.3 Å². The summed E-state index contributed by atoms with van der Waals surface area (Å²) in [5, 5.41) is 3.55. The van der Waals surface area contributed by atoms with Gasteiger partial charge in [-0.25, -0.2) is 0 Å². The first-order valence-electron chi connectivity index (χ1n) is 5.29. The molecule has 2 aromatic rings. The maximum absolute atomic E-state index is 5.60. The Morgan fingerprint density at radius 2 is 2.20 bits per heavy atom. The molecule has 0 saturated heterocycles. The second kappa shape index (κ2) is 4.75. The SMILES string of the molecule is CCCC(NN)c1csc2ccccc12. The normalized spacial score (nSPS) is 13.2. The molecule has 1 heterocycles. The van der Waals surface area contributed by atoms with E-state index in [0.717, 1.165) is 12.8 Å². The Morgan fingerprint density at radius 3 is 2.93 bits per heavy atom. The van der Waals surface area contributed by atoms with Crippen molar-refractivity contribution in [2.75, 3.05) is 0 Å². The summed E-state index contributed by atoms with van der Waals surface area (Å²) in [6.07, 6.45) is 2.22. The monoisotopic (exact) mass is 220 g/mol. The van der Waals surface area contributed by atoms with E-state index in [1.165, 1.54) is 15.6 Å². The molecule has 3 heteroatoms. The van der Waals surface area contributed by atoms with Gasteiger partial charge in [0.25, 0.3) is 0 Å². The quantitative estimate of drug-likeness (QED) is 0.613. The molecular formula is C12H16N2S. The molecule has 1 aromatic carbocycles. The molecule has 2 nitrogen and oxygen atoms in total. The van der Waals surface area contributed by atoms with Gasteiger partial charge in [-0.2, -0.15) is 0 Å². The fraction of sp³-hybridized carbons (Fsp3) is 0.333. The molecule has 0 radical (unpaired) electrons. The van der Waals surface area contributed by atoms with Crippen LogP contribution in [0, 0.1) is 0 Å². The van der Waals surface area contributed by atoms with Crippen LogP contribution in [0.1, 0.15) is 31.4 Å². The van der Waals surface area contributed by atoms with Gasteiger partial charge in [-0.1, -0.05) is 31.5 Å². The summed E-state index contributed by atoms with van der Waals surface area (Å²) in [6.45, 7) is 2.18. The molecule has 1 atom stereocenters. The number of nitrogens with two attached hydrogens (primary N) is 1. The molecule has 0 bridgehead atoms. The van der Waals surface area contributed by atoms with Gasteiger partial charge in [-0.05, 0) is 28.8 Å². The third kappa shape index (κ3) is 2.04. The molecule has 0 aliphatic carbocycles. The molecule has 0 aliphatic rings. The molecule has 15 heavy (non-hydrogen) atoms. The van der Waals surface area contributed by atoms with E-state index in [-0.39, 0.29) is 6.04 Å². The average Bonchev–Trinajstić information content (AvgIpc) is 2.70. The van der Waals surface area contributed by atoms with Crippen molar-refractivity contribution in [3.63, 3.8) is 0 Å². The highest BCUT2D eigenvalue weighted by Crippen LogP contribution is 2.31. The molecule has 0 aliphatic heterocycles. The first kappa shape index (κ1) is 10.6. The summed E-state index contributed by atoms with van der Waals surface area (Å²) in [4.78, 5) is 0. The Labute approximate surface area is 94.1 Å². The molecule has 1 aromatic heterocycles. The topological polar surface area (TPSA) is 38.0 Å². The first-order valence-corrected chi connectivity index (χ1v) is 6.17. The lowest BCUT2D eigenvalue weighted by Crippen LogP contribution is -2.27. The number of rotatable bonds is 4. The second-order valence-corrected chi connectivity index (χ2v) is 4.61. The summed E-state index contributed by atoms with van der Waals surface area (Å²) in [7, 11) is 0. The Morgan fingerprint density at radius 1 is 1.40 bits per heavy atom. The summed E-state index contributed by atoms with van der Waals surface area (Å²) >= 11 is 1.79. The molecule has 0 spiro atoms. The number of thiophene rings is 1. The van der Waals surface area contributed by atoms with Gasteiger partial charge >= 0.3 is 0 Å². The van der Waals surface area contributed by atoms with Crippen molar-refractivity contribution in [2.24, 2.45) is 5.84 Å². The molecule has 80 valence electrons. The van der Waals surface area contributed by atoms with Gasteiger partial charge in [0.05, 0.1) is 0 Å². The Hall–Kier alpha value is -0.900. The highest BCUT2D eigenvalue weighted by molar-refractivity contribution is 7.17. The summed E-state index contributed by atoms with van der Waals surface area (Å²) in [5.74, 6) is 5.60. The zero-order valence-electron chi connectivity index (χ0n) is 8.86. The lowest BCUT2D eigenvalue weighted by Gasteiger charge is -2.14. The van der Waals surface area contributed by atoms with Gasteiger partial charge in [-0.15, -0.1) is 11.3 Å². The predicted octanol–water partition coefficient (Wildman–Crippen LogP) is 3.21. The van der Waals surface area contributed by atoms with E-state index in [2.05, 4.69) is 42.0 Å². The molecule has 0 fully saturated rings. The van der Waals surface area contributed by atoms with E-state index >= 15 is 0 Å². The van der Waals surface area contributed by atoms with Crippen LogP contribution in [-0.4, -0.2) is 0 Å². The first-order chi connectivity index (χ1) is 7.36. The van der Waals surface area contributed by atoms with Gasteiger partial charge in [0.1, 0.15) is 0 Å². The number of benzene rings is 1.